The number of rotatable bonds is 7. The van der Waals surface area contributed by atoms with Gasteiger partial charge in [-0.2, -0.15) is 0 Å². The van der Waals surface area contributed by atoms with Gasteiger partial charge in [-0.25, -0.2) is 9.97 Å². The number of anilines is 2. The lowest BCUT2D eigenvalue weighted by molar-refractivity contribution is 0.0949. The summed E-state index contributed by atoms with van der Waals surface area (Å²) in [7, 11) is 1.65. The fourth-order valence-corrected chi connectivity index (χ4v) is 3.63. The summed E-state index contributed by atoms with van der Waals surface area (Å²) in [5.74, 6) is 2.51. The Bertz CT molecular complexity index is 986. The van der Waals surface area contributed by atoms with Crippen LogP contribution >= 0.6 is 0 Å². The summed E-state index contributed by atoms with van der Waals surface area (Å²) in [6.07, 6.45) is 2.57. The first-order chi connectivity index (χ1) is 15.2. The first kappa shape index (κ1) is 20.7. The molecule has 0 unspecified atom stereocenters. The maximum atomic E-state index is 12.6. The molecule has 1 fully saturated rings. The Hall–Kier alpha value is -3.61. The molecule has 1 aliphatic rings. The SMILES string of the molecule is COc1ccc(CCNC(=O)c2cccc(N3CCN(c4ccccn4)CC3)n2)cc1. The minimum absolute atomic E-state index is 0.150. The molecule has 1 aliphatic heterocycles. The van der Waals surface area contributed by atoms with Crippen LogP contribution in [0.15, 0.2) is 66.9 Å². The second kappa shape index (κ2) is 9.93. The van der Waals surface area contributed by atoms with E-state index in [0.29, 0.717) is 12.2 Å². The summed E-state index contributed by atoms with van der Waals surface area (Å²) < 4.78 is 5.17. The quantitative estimate of drug-likeness (QED) is 0.638. The normalized spacial score (nSPS) is 13.7. The summed E-state index contributed by atoms with van der Waals surface area (Å²) in [5, 5.41) is 2.97. The molecular formula is C24H27N5O2. The second-order valence-corrected chi connectivity index (χ2v) is 7.40. The average molecular weight is 418 g/mol. The van der Waals surface area contributed by atoms with Crippen molar-refractivity contribution >= 4 is 17.5 Å². The van der Waals surface area contributed by atoms with Gasteiger partial charge in [0.2, 0.25) is 0 Å². The van der Waals surface area contributed by atoms with E-state index in [0.717, 1.165) is 55.5 Å². The van der Waals surface area contributed by atoms with Crippen molar-refractivity contribution in [3.05, 3.63) is 78.1 Å². The molecule has 7 heteroatoms. The zero-order valence-corrected chi connectivity index (χ0v) is 17.7. The van der Waals surface area contributed by atoms with E-state index >= 15 is 0 Å². The van der Waals surface area contributed by atoms with Crippen molar-refractivity contribution in [3.8, 4) is 5.75 Å². The van der Waals surface area contributed by atoms with Gasteiger partial charge in [0, 0.05) is 38.9 Å². The van der Waals surface area contributed by atoms with Crippen molar-refractivity contribution in [1.29, 1.82) is 0 Å². The highest BCUT2D eigenvalue weighted by atomic mass is 16.5. The zero-order chi connectivity index (χ0) is 21.5. The predicted octanol–water partition coefficient (Wildman–Crippen LogP) is 2.78. The Labute approximate surface area is 182 Å². The molecule has 0 saturated carbocycles. The lowest BCUT2D eigenvalue weighted by atomic mass is 10.1. The van der Waals surface area contributed by atoms with Gasteiger partial charge >= 0.3 is 0 Å². The maximum absolute atomic E-state index is 12.6. The number of piperazine rings is 1. The number of carbonyl (C=O) groups is 1. The van der Waals surface area contributed by atoms with Gasteiger partial charge in [0.1, 0.15) is 23.1 Å². The highest BCUT2D eigenvalue weighted by molar-refractivity contribution is 5.92. The minimum Gasteiger partial charge on any atom is -0.497 e. The number of hydrogen-bond donors (Lipinski definition) is 1. The summed E-state index contributed by atoms with van der Waals surface area (Å²) in [5.41, 5.74) is 1.59. The maximum Gasteiger partial charge on any atom is 0.269 e. The van der Waals surface area contributed by atoms with Gasteiger partial charge < -0.3 is 19.9 Å². The van der Waals surface area contributed by atoms with Crippen LogP contribution < -0.4 is 19.9 Å². The molecule has 3 aromatic rings. The molecule has 0 atom stereocenters. The molecule has 0 radical (unpaired) electrons. The number of aromatic nitrogens is 2. The van der Waals surface area contributed by atoms with E-state index in [1.54, 1.807) is 13.2 Å². The van der Waals surface area contributed by atoms with E-state index in [2.05, 4.69) is 25.1 Å². The first-order valence-electron chi connectivity index (χ1n) is 10.5. The third kappa shape index (κ3) is 5.31. The number of amides is 1. The summed E-state index contributed by atoms with van der Waals surface area (Å²) in [6, 6.07) is 19.5. The van der Waals surface area contributed by atoms with Gasteiger partial charge in [-0.1, -0.05) is 24.3 Å². The van der Waals surface area contributed by atoms with Crippen molar-refractivity contribution in [3.63, 3.8) is 0 Å². The van der Waals surface area contributed by atoms with E-state index in [4.69, 9.17) is 4.74 Å². The van der Waals surface area contributed by atoms with Gasteiger partial charge in [-0.3, -0.25) is 4.79 Å². The molecule has 0 spiro atoms. The lowest BCUT2D eigenvalue weighted by Gasteiger charge is -2.36. The Morgan fingerprint density at radius 2 is 1.65 bits per heavy atom. The number of ether oxygens (including phenoxy) is 1. The van der Waals surface area contributed by atoms with Crippen molar-refractivity contribution in [2.75, 3.05) is 49.6 Å². The van der Waals surface area contributed by atoms with Gasteiger partial charge in [0.15, 0.2) is 0 Å². The monoisotopic (exact) mass is 417 g/mol. The molecule has 4 rings (SSSR count). The van der Waals surface area contributed by atoms with Crippen molar-refractivity contribution in [2.45, 2.75) is 6.42 Å². The number of methoxy groups -OCH3 is 1. The molecule has 0 aliphatic carbocycles. The number of carbonyl (C=O) groups excluding carboxylic acids is 1. The van der Waals surface area contributed by atoms with E-state index in [-0.39, 0.29) is 5.91 Å². The Morgan fingerprint density at radius 1 is 0.935 bits per heavy atom. The summed E-state index contributed by atoms with van der Waals surface area (Å²) >= 11 is 0. The first-order valence-corrected chi connectivity index (χ1v) is 10.5. The molecule has 1 aromatic carbocycles. The third-order valence-electron chi connectivity index (χ3n) is 5.40. The minimum atomic E-state index is -0.150. The molecule has 7 nitrogen and oxygen atoms in total. The van der Waals surface area contributed by atoms with Crippen molar-refractivity contribution in [1.82, 2.24) is 15.3 Å². The molecule has 31 heavy (non-hydrogen) atoms. The van der Waals surface area contributed by atoms with Crippen LogP contribution in [0.3, 0.4) is 0 Å². The van der Waals surface area contributed by atoms with Crippen LogP contribution in [0.4, 0.5) is 11.6 Å². The Balaban J connectivity index is 1.30. The van der Waals surface area contributed by atoms with Gasteiger partial charge in [-0.15, -0.1) is 0 Å². The Morgan fingerprint density at radius 3 is 2.32 bits per heavy atom. The number of nitrogens with one attached hydrogen (secondary N) is 1. The number of hydrogen-bond acceptors (Lipinski definition) is 6. The van der Waals surface area contributed by atoms with E-state index in [1.807, 2.05) is 60.8 Å². The fraction of sp³-hybridized carbons (Fsp3) is 0.292. The van der Waals surface area contributed by atoms with Crippen LogP contribution in [0.25, 0.3) is 0 Å². The summed E-state index contributed by atoms with van der Waals surface area (Å²) in [4.78, 5) is 26.1. The highest BCUT2D eigenvalue weighted by Gasteiger charge is 2.19. The van der Waals surface area contributed by atoms with E-state index in [9.17, 15) is 4.79 Å². The fourth-order valence-electron chi connectivity index (χ4n) is 3.63. The van der Waals surface area contributed by atoms with Gasteiger partial charge in [-0.05, 0) is 48.4 Å². The standard InChI is InChI=1S/C24H27N5O2/c1-31-20-10-8-19(9-11-20)12-14-26-24(30)21-5-4-7-23(27-21)29-17-15-28(16-18-29)22-6-2-3-13-25-22/h2-11,13H,12,14-18H2,1H3,(H,26,30). The zero-order valence-electron chi connectivity index (χ0n) is 17.7. The molecule has 1 N–H and O–H groups in total. The van der Waals surface area contributed by atoms with Crippen molar-refractivity contribution < 1.29 is 9.53 Å². The molecule has 2 aromatic heterocycles. The molecule has 1 saturated heterocycles. The second-order valence-electron chi connectivity index (χ2n) is 7.40. The van der Waals surface area contributed by atoms with Crippen LogP contribution in [-0.4, -0.2) is 55.7 Å². The van der Waals surface area contributed by atoms with E-state index < -0.39 is 0 Å². The van der Waals surface area contributed by atoms with Crippen LogP contribution in [0.2, 0.25) is 0 Å². The smallest absolute Gasteiger partial charge is 0.269 e. The number of benzene rings is 1. The van der Waals surface area contributed by atoms with Gasteiger partial charge in [0.05, 0.1) is 7.11 Å². The molecule has 160 valence electrons. The average Bonchev–Trinajstić information content (AvgIpc) is 2.85. The van der Waals surface area contributed by atoms with Crippen LogP contribution in [0.1, 0.15) is 16.1 Å². The number of pyridine rings is 2. The Kier molecular flexibility index (Phi) is 6.62. The van der Waals surface area contributed by atoms with Crippen LogP contribution in [0.5, 0.6) is 5.75 Å². The lowest BCUT2D eigenvalue weighted by Crippen LogP contribution is -2.47. The van der Waals surface area contributed by atoms with Crippen LogP contribution in [-0.2, 0) is 6.42 Å². The number of nitrogens with zero attached hydrogens (tertiary/aromatic N) is 4. The topological polar surface area (TPSA) is 70.6 Å². The molecule has 0 bridgehead atoms. The summed E-state index contributed by atoms with van der Waals surface area (Å²) in [6.45, 7) is 3.98. The largest absolute Gasteiger partial charge is 0.497 e. The molecule has 1 amide bonds. The highest BCUT2D eigenvalue weighted by Crippen LogP contribution is 2.18. The predicted molar refractivity (Wildman–Crippen MR) is 122 cm³/mol. The van der Waals surface area contributed by atoms with Crippen molar-refractivity contribution in [2.24, 2.45) is 0 Å². The third-order valence-corrected chi connectivity index (χ3v) is 5.40. The van der Waals surface area contributed by atoms with Gasteiger partial charge in [0.25, 0.3) is 5.91 Å². The molecule has 3 heterocycles. The van der Waals surface area contributed by atoms with E-state index in [1.165, 1.54) is 0 Å². The van der Waals surface area contributed by atoms with Crippen LogP contribution in [0, 0.1) is 0 Å². The molecular weight excluding hydrogens is 390 g/mol.